The number of para-hydroxylation sites is 1. The van der Waals surface area contributed by atoms with Crippen molar-refractivity contribution in [2.45, 2.75) is 43.8 Å². The Bertz CT molecular complexity index is 729. The minimum absolute atomic E-state index is 0.0221. The summed E-state index contributed by atoms with van der Waals surface area (Å²) in [5, 5.41) is 5.60. The van der Waals surface area contributed by atoms with Gasteiger partial charge in [0.15, 0.2) is 0 Å². The summed E-state index contributed by atoms with van der Waals surface area (Å²) in [7, 11) is 0. The van der Waals surface area contributed by atoms with E-state index in [2.05, 4.69) is 10.6 Å². The van der Waals surface area contributed by atoms with Crippen molar-refractivity contribution in [1.29, 1.82) is 0 Å². The quantitative estimate of drug-likeness (QED) is 0.697. The van der Waals surface area contributed by atoms with E-state index in [1.54, 1.807) is 0 Å². The molecular weight excluding hydrogens is 332 g/mol. The minimum Gasteiger partial charge on any atom is -0.326 e. The summed E-state index contributed by atoms with van der Waals surface area (Å²) in [6.45, 7) is 5.83. The third-order valence-electron chi connectivity index (χ3n) is 3.70. The molecule has 2 rings (SSSR count). The van der Waals surface area contributed by atoms with Crippen molar-refractivity contribution >= 4 is 35.0 Å². The number of thioether (sulfide) groups is 1. The number of aryl methyl sites for hydroxylation is 1. The molecule has 25 heavy (non-hydrogen) atoms. The van der Waals surface area contributed by atoms with Gasteiger partial charge in [0.05, 0.1) is 5.25 Å². The van der Waals surface area contributed by atoms with Crippen LogP contribution < -0.4 is 10.6 Å². The van der Waals surface area contributed by atoms with Crippen molar-refractivity contribution in [3.63, 3.8) is 0 Å². The van der Waals surface area contributed by atoms with Gasteiger partial charge in [-0.25, -0.2) is 0 Å². The zero-order valence-electron chi connectivity index (χ0n) is 14.8. The molecule has 0 radical (unpaired) electrons. The van der Waals surface area contributed by atoms with Crippen molar-refractivity contribution < 1.29 is 9.59 Å². The number of amides is 2. The van der Waals surface area contributed by atoms with Crippen molar-refractivity contribution in [2.75, 3.05) is 10.6 Å². The van der Waals surface area contributed by atoms with Gasteiger partial charge in [-0.1, -0.05) is 25.1 Å². The van der Waals surface area contributed by atoms with Crippen LogP contribution in [0.2, 0.25) is 0 Å². The Morgan fingerprint density at radius 3 is 2.36 bits per heavy atom. The van der Waals surface area contributed by atoms with Crippen LogP contribution >= 0.6 is 11.8 Å². The number of benzene rings is 2. The average Bonchev–Trinajstić information content (AvgIpc) is 2.59. The summed E-state index contributed by atoms with van der Waals surface area (Å²) in [6, 6.07) is 15.3. The average molecular weight is 356 g/mol. The molecule has 0 fully saturated rings. The highest BCUT2D eigenvalue weighted by molar-refractivity contribution is 8.00. The molecule has 0 saturated carbocycles. The molecule has 0 heterocycles. The standard InChI is InChI=1S/C20H24N2O2S/c1-4-7-19(23)21-16-10-12-17(13-11-16)25-15(3)20(24)22-18-9-6-5-8-14(18)2/h5-6,8-13,15H,4,7H2,1-3H3,(H,21,23)(H,22,24). The van der Waals surface area contributed by atoms with Crippen molar-refractivity contribution in [1.82, 2.24) is 0 Å². The predicted molar refractivity (Wildman–Crippen MR) is 105 cm³/mol. The number of nitrogens with one attached hydrogen (secondary N) is 2. The number of hydrogen-bond donors (Lipinski definition) is 2. The fourth-order valence-corrected chi connectivity index (χ4v) is 3.14. The van der Waals surface area contributed by atoms with Gasteiger partial charge in [0.2, 0.25) is 11.8 Å². The largest absolute Gasteiger partial charge is 0.326 e. The molecule has 0 aromatic heterocycles. The van der Waals surface area contributed by atoms with Crippen LogP contribution in [0.25, 0.3) is 0 Å². The van der Waals surface area contributed by atoms with Crippen LogP contribution in [0.4, 0.5) is 11.4 Å². The molecule has 0 saturated heterocycles. The van der Waals surface area contributed by atoms with Crippen molar-refractivity contribution in [2.24, 2.45) is 0 Å². The molecule has 5 heteroatoms. The predicted octanol–water partition coefficient (Wildman–Crippen LogP) is 4.85. The van der Waals surface area contributed by atoms with Crippen LogP contribution in [-0.2, 0) is 9.59 Å². The highest BCUT2D eigenvalue weighted by atomic mass is 32.2. The van der Waals surface area contributed by atoms with E-state index in [4.69, 9.17) is 0 Å². The lowest BCUT2D eigenvalue weighted by molar-refractivity contribution is -0.116. The zero-order chi connectivity index (χ0) is 18.2. The molecule has 2 aromatic rings. The lowest BCUT2D eigenvalue weighted by Gasteiger charge is -2.14. The molecule has 0 aliphatic carbocycles. The first-order chi connectivity index (χ1) is 12.0. The van der Waals surface area contributed by atoms with Crippen LogP contribution in [-0.4, -0.2) is 17.1 Å². The molecule has 2 aromatic carbocycles. The number of rotatable bonds is 7. The first-order valence-corrected chi connectivity index (χ1v) is 9.30. The summed E-state index contributed by atoms with van der Waals surface area (Å²) in [4.78, 5) is 24.9. The van der Waals surface area contributed by atoms with E-state index in [0.29, 0.717) is 6.42 Å². The molecule has 0 spiro atoms. The van der Waals surface area contributed by atoms with Gasteiger partial charge in [0, 0.05) is 22.7 Å². The highest BCUT2D eigenvalue weighted by Gasteiger charge is 2.15. The summed E-state index contributed by atoms with van der Waals surface area (Å²) in [5.41, 5.74) is 2.66. The Balaban J connectivity index is 1.91. The van der Waals surface area contributed by atoms with Crippen molar-refractivity contribution in [3.8, 4) is 0 Å². The van der Waals surface area contributed by atoms with E-state index in [-0.39, 0.29) is 17.1 Å². The third kappa shape index (κ3) is 5.94. The van der Waals surface area contributed by atoms with Crippen LogP contribution in [0.3, 0.4) is 0 Å². The lowest BCUT2D eigenvalue weighted by Crippen LogP contribution is -2.22. The summed E-state index contributed by atoms with van der Waals surface area (Å²) in [6.07, 6.45) is 1.35. The Hall–Kier alpha value is -2.27. The first-order valence-electron chi connectivity index (χ1n) is 8.42. The van der Waals surface area contributed by atoms with Crippen LogP contribution in [0.1, 0.15) is 32.3 Å². The highest BCUT2D eigenvalue weighted by Crippen LogP contribution is 2.26. The third-order valence-corrected chi connectivity index (χ3v) is 4.81. The Kier molecular flexibility index (Phi) is 7.07. The molecule has 0 bridgehead atoms. The number of anilines is 2. The van der Waals surface area contributed by atoms with Gasteiger partial charge < -0.3 is 10.6 Å². The zero-order valence-corrected chi connectivity index (χ0v) is 15.7. The van der Waals surface area contributed by atoms with Gasteiger partial charge in [-0.15, -0.1) is 11.8 Å². The number of carbonyl (C=O) groups excluding carboxylic acids is 2. The second-order valence-corrected chi connectivity index (χ2v) is 7.30. The van der Waals surface area contributed by atoms with E-state index in [1.807, 2.05) is 69.3 Å². The van der Waals surface area contributed by atoms with E-state index >= 15 is 0 Å². The normalized spacial score (nSPS) is 11.6. The lowest BCUT2D eigenvalue weighted by atomic mass is 10.2. The SMILES string of the molecule is CCCC(=O)Nc1ccc(SC(C)C(=O)Nc2ccccc2C)cc1. The second-order valence-electron chi connectivity index (χ2n) is 5.89. The molecule has 2 amide bonds. The maximum atomic E-state index is 12.4. The molecular formula is C20H24N2O2S. The molecule has 132 valence electrons. The molecule has 1 atom stereocenters. The van der Waals surface area contributed by atoms with Gasteiger partial charge in [0.1, 0.15) is 0 Å². The number of hydrogen-bond acceptors (Lipinski definition) is 3. The summed E-state index contributed by atoms with van der Waals surface area (Å²) < 4.78 is 0. The fraction of sp³-hybridized carbons (Fsp3) is 0.300. The van der Waals surface area contributed by atoms with Crippen LogP contribution in [0, 0.1) is 6.92 Å². The Morgan fingerprint density at radius 2 is 1.72 bits per heavy atom. The van der Waals surface area contributed by atoms with E-state index < -0.39 is 0 Å². The summed E-state index contributed by atoms with van der Waals surface area (Å²) >= 11 is 1.49. The Morgan fingerprint density at radius 1 is 1.04 bits per heavy atom. The van der Waals surface area contributed by atoms with Gasteiger partial charge in [0.25, 0.3) is 0 Å². The van der Waals surface area contributed by atoms with Gasteiger partial charge in [-0.2, -0.15) is 0 Å². The topological polar surface area (TPSA) is 58.2 Å². The van der Waals surface area contributed by atoms with E-state index in [1.165, 1.54) is 11.8 Å². The van der Waals surface area contributed by atoms with E-state index in [9.17, 15) is 9.59 Å². The van der Waals surface area contributed by atoms with Crippen LogP contribution in [0.5, 0.6) is 0 Å². The van der Waals surface area contributed by atoms with E-state index in [0.717, 1.165) is 28.3 Å². The fourth-order valence-electron chi connectivity index (χ4n) is 2.27. The maximum absolute atomic E-state index is 12.4. The summed E-state index contributed by atoms with van der Waals surface area (Å²) in [5.74, 6) is -0.00601. The van der Waals surface area contributed by atoms with Crippen molar-refractivity contribution in [3.05, 3.63) is 54.1 Å². The molecule has 0 aliphatic rings. The van der Waals surface area contributed by atoms with Crippen LogP contribution in [0.15, 0.2) is 53.4 Å². The molecule has 1 unspecified atom stereocenters. The smallest absolute Gasteiger partial charge is 0.237 e. The molecule has 2 N–H and O–H groups in total. The minimum atomic E-state index is -0.222. The monoisotopic (exact) mass is 356 g/mol. The molecule has 4 nitrogen and oxygen atoms in total. The van der Waals surface area contributed by atoms with Gasteiger partial charge in [-0.05, 0) is 56.2 Å². The number of carbonyl (C=O) groups is 2. The molecule has 0 aliphatic heterocycles. The van der Waals surface area contributed by atoms with Gasteiger partial charge >= 0.3 is 0 Å². The Labute approximate surface area is 153 Å². The first kappa shape index (κ1) is 19.1. The van der Waals surface area contributed by atoms with Gasteiger partial charge in [-0.3, -0.25) is 9.59 Å². The maximum Gasteiger partial charge on any atom is 0.237 e. The second kappa shape index (κ2) is 9.28.